The van der Waals surface area contributed by atoms with E-state index in [0.717, 1.165) is 44.1 Å². The van der Waals surface area contributed by atoms with E-state index in [-0.39, 0.29) is 11.2 Å². The number of carbonyl (C=O) groups excluding carboxylic acids is 1. The quantitative estimate of drug-likeness (QED) is 0.793. The minimum Gasteiger partial charge on any atom is -0.512 e. The highest BCUT2D eigenvalue weighted by Gasteiger charge is 2.43. The summed E-state index contributed by atoms with van der Waals surface area (Å²) in [5, 5.41) is 11.0. The molecule has 0 radical (unpaired) electrons. The highest BCUT2D eigenvalue weighted by Crippen LogP contribution is 2.50. The number of carbonyl (C=O) groups is 1. The van der Waals surface area contributed by atoms with Gasteiger partial charge in [-0.1, -0.05) is 31.5 Å². The van der Waals surface area contributed by atoms with Crippen LogP contribution >= 0.6 is 0 Å². The molecule has 0 saturated heterocycles. The lowest BCUT2D eigenvalue weighted by Crippen LogP contribution is -2.36. The molecule has 1 aromatic carbocycles. The molecule has 142 valence electrons. The Morgan fingerprint density at radius 2 is 1.69 bits per heavy atom. The van der Waals surface area contributed by atoms with E-state index in [1.807, 2.05) is 0 Å². The number of rotatable bonds is 4. The smallest absolute Gasteiger partial charge is 0.167 e. The molecular formula is C23H32O3. The van der Waals surface area contributed by atoms with Gasteiger partial charge in [0.2, 0.25) is 0 Å². The van der Waals surface area contributed by atoms with Crippen molar-refractivity contribution < 1.29 is 14.6 Å². The fraction of sp³-hybridized carbons (Fsp3) is 0.609. The van der Waals surface area contributed by atoms with Crippen LogP contribution in [0.2, 0.25) is 0 Å². The van der Waals surface area contributed by atoms with Crippen molar-refractivity contribution in [2.75, 3.05) is 7.11 Å². The molecule has 0 aliphatic heterocycles. The van der Waals surface area contributed by atoms with Gasteiger partial charge >= 0.3 is 0 Å². The first-order chi connectivity index (χ1) is 12.4. The summed E-state index contributed by atoms with van der Waals surface area (Å²) < 4.78 is 5.48. The Morgan fingerprint density at radius 3 is 2.15 bits per heavy atom. The average Bonchev–Trinajstić information content (AvgIpc) is 2.62. The molecule has 1 saturated carbocycles. The molecule has 3 rings (SSSR count). The Bertz CT molecular complexity index is 696. The second-order valence-electron chi connectivity index (χ2n) is 8.20. The molecule has 2 aliphatic rings. The molecule has 0 bridgehead atoms. The van der Waals surface area contributed by atoms with Crippen LogP contribution in [-0.4, -0.2) is 24.1 Å². The van der Waals surface area contributed by atoms with E-state index in [1.54, 1.807) is 7.11 Å². The molecule has 0 heterocycles. The van der Waals surface area contributed by atoms with Crippen LogP contribution < -0.4 is 0 Å². The molecule has 0 aromatic heterocycles. The van der Waals surface area contributed by atoms with Crippen LogP contribution in [0.3, 0.4) is 0 Å². The molecule has 0 atom stereocenters. The van der Waals surface area contributed by atoms with Gasteiger partial charge in [0.25, 0.3) is 0 Å². The molecule has 1 spiro atoms. The molecule has 0 amide bonds. The summed E-state index contributed by atoms with van der Waals surface area (Å²) in [6, 6.07) is 4.33. The van der Waals surface area contributed by atoms with Crippen molar-refractivity contribution in [3.8, 4) is 0 Å². The van der Waals surface area contributed by atoms with Gasteiger partial charge in [-0.3, -0.25) is 4.79 Å². The number of aryl methyl sites for hydroxylation is 3. The summed E-state index contributed by atoms with van der Waals surface area (Å²) >= 11 is 0. The van der Waals surface area contributed by atoms with Gasteiger partial charge in [-0.25, -0.2) is 0 Å². The van der Waals surface area contributed by atoms with E-state index >= 15 is 0 Å². The van der Waals surface area contributed by atoms with E-state index < -0.39 is 0 Å². The zero-order chi connectivity index (χ0) is 18.9. The summed E-state index contributed by atoms with van der Waals surface area (Å²) in [6.07, 6.45) is 7.12. The summed E-state index contributed by atoms with van der Waals surface area (Å²) in [5.41, 5.74) is 5.11. The van der Waals surface area contributed by atoms with Crippen molar-refractivity contribution in [2.45, 2.75) is 78.2 Å². The van der Waals surface area contributed by atoms with Gasteiger partial charge < -0.3 is 9.84 Å². The fourth-order valence-corrected chi connectivity index (χ4v) is 4.99. The number of ether oxygens (including phenoxy) is 1. The van der Waals surface area contributed by atoms with Crippen LogP contribution in [0, 0.1) is 12.3 Å². The summed E-state index contributed by atoms with van der Waals surface area (Å²) in [4.78, 5) is 13.2. The summed E-state index contributed by atoms with van der Waals surface area (Å²) in [7, 11) is 1.76. The minimum absolute atomic E-state index is 0.0663. The largest absolute Gasteiger partial charge is 0.512 e. The van der Waals surface area contributed by atoms with Crippen LogP contribution in [-0.2, 0) is 22.4 Å². The van der Waals surface area contributed by atoms with Crippen molar-refractivity contribution in [1.29, 1.82) is 0 Å². The second kappa shape index (κ2) is 7.56. The first-order valence-corrected chi connectivity index (χ1v) is 10.0. The lowest BCUT2D eigenvalue weighted by Gasteiger charge is -2.42. The van der Waals surface area contributed by atoms with Crippen LogP contribution in [0.15, 0.2) is 17.9 Å². The molecule has 26 heavy (non-hydrogen) atoms. The van der Waals surface area contributed by atoms with E-state index in [1.165, 1.54) is 16.7 Å². The van der Waals surface area contributed by atoms with Gasteiger partial charge in [-0.15, -0.1) is 0 Å². The summed E-state index contributed by atoms with van der Waals surface area (Å²) in [6.45, 7) is 6.34. The number of hydrogen-bond acceptors (Lipinski definition) is 3. The minimum atomic E-state index is -0.0663. The van der Waals surface area contributed by atoms with Crippen molar-refractivity contribution in [3.63, 3.8) is 0 Å². The summed E-state index contributed by atoms with van der Waals surface area (Å²) in [5.74, 6) is 0.434. The maximum Gasteiger partial charge on any atom is 0.167 e. The number of ketones is 1. The molecule has 0 unspecified atom stereocenters. The lowest BCUT2D eigenvalue weighted by molar-refractivity contribution is -0.118. The zero-order valence-corrected chi connectivity index (χ0v) is 16.7. The predicted molar refractivity (Wildman–Crippen MR) is 105 cm³/mol. The van der Waals surface area contributed by atoms with Crippen molar-refractivity contribution in [3.05, 3.63) is 40.1 Å². The topological polar surface area (TPSA) is 46.5 Å². The molecule has 1 fully saturated rings. The van der Waals surface area contributed by atoms with Gasteiger partial charge in [-0.2, -0.15) is 0 Å². The third kappa shape index (κ3) is 3.46. The first-order valence-electron chi connectivity index (χ1n) is 10.0. The van der Waals surface area contributed by atoms with Crippen LogP contribution in [0.4, 0.5) is 0 Å². The average molecular weight is 357 g/mol. The molecule has 2 aliphatic carbocycles. The Balaban J connectivity index is 2.00. The zero-order valence-electron chi connectivity index (χ0n) is 16.7. The molecule has 1 aromatic rings. The maximum absolute atomic E-state index is 13.2. The van der Waals surface area contributed by atoms with E-state index in [4.69, 9.17) is 4.74 Å². The fourth-order valence-electron chi connectivity index (χ4n) is 4.99. The van der Waals surface area contributed by atoms with Gasteiger partial charge in [0.1, 0.15) is 5.76 Å². The van der Waals surface area contributed by atoms with Gasteiger partial charge in [-0.05, 0) is 67.6 Å². The second-order valence-corrected chi connectivity index (χ2v) is 8.20. The SMILES string of the molecule is CCc1cc(C)cc(CC)c1C1=C(O)CC2(CCC(OC)CC2)CC1=O. The number of hydrogen-bond donors (Lipinski definition) is 1. The number of aliphatic hydroxyl groups excluding tert-OH is 1. The van der Waals surface area contributed by atoms with Gasteiger partial charge in [0.15, 0.2) is 5.78 Å². The first kappa shape index (κ1) is 19.2. The van der Waals surface area contributed by atoms with E-state index in [0.29, 0.717) is 30.3 Å². The van der Waals surface area contributed by atoms with Crippen LogP contribution in [0.25, 0.3) is 5.57 Å². The molecule has 1 N–H and O–H groups in total. The van der Waals surface area contributed by atoms with Gasteiger partial charge in [0, 0.05) is 20.0 Å². The maximum atomic E-state index is 13.2. The number of aliphatic hydroxyl groups is 1. The Labute approximate surface area is 157 Å². The Kier molecular flexibility index (Phi) is 5.57. The third-order valence-corrected chi connectivity index (χ3v) is 6.43. The normalized spacial score (nSPS) is 26.6. The number of allylic oxidation sites excluding steroid dienone is 2. The Hall–Kier alpha value is -1.61. The number of methoxy groups -OCH3 is 1. The predicted octanol–water partition coefficient (Wildman–Crippen LogP) is 5.33. The van der Waals surface area contributed by atoms with Crippen LogP contribution in [0.1, 0.15) is 74.6 Å². The molecular weight excluding hydrogens is 324 g/mol. The van der Waals surface area contributed by atoms with Crippen molar-refractivity contribution in [2.24, 2.45) is 5.41 Å². The van der Waals surface area contributed by atoms with Gasteiger partial charge in [0.05, 0.1) is 11.7 Å². The third-order valence-electron chi connectivity index (χ3n) is 6.43. The number of Topliss-reactive ketones (excluding diaryl/α,β-unsaturated/α-hetero) is 1. The van der Waals surface area contributed by atoms with Crippen molar-refractivity contribution >= 4 is 11.4 Å². The van der Waals surface area contributed by atoms with Crippen LogP contribution in [0.5, 0.6) is 0 Å². The Morgan fingerprint density at radius 1 is 1.12 bits per heavy atom. The monoisotopic (exact) mass is 356 g/mol. The number of benzene rings is 1. The molecule has 3 heteroatoms. The van der Waals surface area contributed by atoms with Crippen molar-refractivity contribution in [1.82, 2.24) is 0 Å². The van der Waals surface area contributed by atoms with E-state index in [9.17, 15) is 9.90 Å². The van der Waals surface area contributed by atoms with E-state index in [2.05, 4.69) is 32.9 Å². The lowest BCUT2D eigenvalue weighted by atomic mass is 9.63. The molecule has 3 nitrogen and oxygen atoms in total. The highest BCUT2D eigenvalue weighted by molar-refractivity contribution is 6.23. The standard InChI is InChI=1S/C23H32O3/c1-5-16-11-15(3)12-17(6-2)21(16)22-19(24)13-23(14-20(22)25)9-7-18(26-4)8-10-23/h11-12,18,24H,5-10,13-14H2,1-4H3. The highest BCUT2D eigenvalue weighted by atomic mass is 16.5.